The molecule has 0 aliphatic heterocycles. The van der Waals surface area contributed by atoms with E-state index in [1.807, 2.05) is 0 Å². The molecule has 0 aromatic heterocycles. The van der Waals surface area contributed by atoms with E-state index in [2.05, 4.69) is 86.3 Å². The first kappa shape index (κ1) is 39.9. The van der Waals surface area contributed by atoms with Gasteiger partial charge in [-0.1, -0.05) is 117 Å². The number of carbonyl (C=O) groups is 1. The smallest absolute Gasteiger partial charge is 0.306 e. The molecule has 0 N–H and O–H groups in total. The van der Waals surface area contributed by atoms with E-state index >= 15 is 0 Å². The van der Waals surface area contributed by atoms with Crippen molar-refractivity contribution in [3.8, 4) is 0 Å². The second-order valence-electron chi connectivity index (χ2n) is 20.2. The van der Waals surface area contributed by atoms with Crippen molar-refractivity contribution in [2.24, 2.45) is 56.7 Å². The van der Waals surface area contributed by atoms with Gasteiger partial charge in [-0.2, -0.15) is 0 Å². The number of hydrogen-bond acceptors (Lipinski definition) is 2. The highest BCUT2D eigenvalue weighted by atomic mass is 16.5. The van der Waals surface area contributed by atoms with Crippen molar-refractivity contribution in [3.63, 3.8) is 0 Å². The molecule has 1 unspecified atom stereocenters. The Morgan fingerprint density at radius 2 is 1.38 bits per heavy atom. The standard InChI is InChI=1S/C48H80O2/c1-10-11-12-13-14-15-16-17-18-19-20-21-22-23-24-25-42(49)50-41-30-32-46(7)39(44(41,4)5)29-33-48(9)40(46)27-26-38-43-37(36(2)3)28-31-45(43,6)34-35-47(38,48)8/h14-15,17-18,37-41,43H,2,10-13,16,19-35H2,1,3-9H3/t37-,38+,39-,40+,41?,43+,45+,46-,47+,48+/m0/s1. The summed E-state index contributed by atoms with van der Waals surface area (Å²) in [6, 6.07) is 0. The Hall–Kier alpha value is -1.31. The van der Waals surface area contributed by atoms with E-state index in [9.17, 15) is 4.79 Å². The van der Waals surface area contributed by atoms with E-state index in [0.29, 0.717) is 34.0 Å². The van der Waals surface area contributed by atoms with Crippen molar-refractivity contribution < 1.29 is 9.53 Å². The van der Waals surface area contributed by atoms with Gasteiger partial charge >= 0.3 is 5.97 Å². The van der Waals surface area contributed by atoms with Crippen LogP contribution >= 0.6 is 0 Å². The van der Waals surface area contributed by atoms with Crippen molar-refractivity contribution in [1.82, 2.24) is 0 Å². The van der Waals surface area contributed by atoms with Gasteiger partial charge < -0.3 is 4.74 Å². The molecule has 50 heavy (non-hydrogen) atoms. The van der Waals surface area contributed by atoms with E-state index in [4.69, 9.17) is 4.74 Å². The molecule has 0 aromatic rings. The van der Waals surface area contributed by atoms with E-state index in [1.165, 1.54) is 115 Å². The van der Waals surface area contributed by atoms with Crippen molar-refractivity contribution in [1.29, 1.82) is 0 Å². The molecule has 0 amide bonds. The number of esters is 1. The first-order valence-corrected chi connectivity index (χ1v) is 21.9. The predicted octanol–water partition coefficient (Wildman–Crippen LogP) is 14.4. The van der Waals surface area contributed by atoms with E-state index in [-0.39, 0.29) is 17.5 Å². The molecule has 5 fully saturated rings. The van der Waals surface area contributed by atoms with Gasteiger partial charge in [-0.3, -0.25) is 4.79 Å². The Morgan fingerprint density at radius 1 is 0.700 bits per heavy atom. The lowest BCUT2D eigenvalue weighted by molar-refractivity contribution is -0.249. The number of allylic oxidation sites excluding steroid dienone is 5. The maximum atomic E-state index is 13.2. The summed E-state index contributed by atoms with van der Waals surface area (Å²) < 4.78 is 6.42. The minimum Gasteiger partial charge on any atom is -0.462 e. The van der Waals surface area contributed by atoms with Crippen LogP contribution in [0.1, 0.15) is 197 Å². The van der Waals surface area contributed by atoms with E-state index in [0.717, 1.165) is 49.4 Å². The first-order chi connectivity index (χ1) is 23.7. The van der Waals surface area contributed by atoms with Crippen LogP contribution in [-0.4, -0.2) is 12.1 Å². The second-order valence-corrected chi connectivity index (χ2v) is 20.2. The lowest BCUT2D eigenvalue weighted by atomic mass is 9.32. The van der Waals surface area contributed by atoms with Crippen molar-refractivity contribution in [2.75, 3.05) is 0 Å². The molecule has 2 nitrogen and oxygen atoms in total. The second kappa shape index (κ2) is 16.4. The highest BCUT2D eigenvalue weighted by Crippen LogP contribution is 2.77. The summed E-state index contributed by atoms with van der Waals surface area (Å²) in [4.78, 5) is 13.2. The van der Waals surface area contributed by atoms with Gasteiger partial charge in [0.2, 0.25) is 0 Å². The van der Waals surface area contributed by atoms with Crippen molar-refractivity contribution in [3.05, 3.63) is 36.5 Å². The minimum absolute atomic E-state index is 0.0295. The topological polar surface area (TPSA) is 26.3 Å². The SMILES string of the molecule is C=C(C)[C@@H]1CC[C@]2(C)CC[C@]3(C)[C@H](CC[C@@H]4[C@@]5(C)CCC(OC(=O)CCCCCCCC=CCC=CCCCCC)C(C)(C)[C@@H]5CC[C@]43C)[C@@H]12. The predicted molar refractivity (Wildman–Crippen MR) is 214 cm³/mol. The van der Waals surface area contributed by atoms with Crippen molar-refractivity contribution >= 4 is 5.97 Å². The highest BCUT2D eigenvalue weighted by molar-refractivity contribution is 5.69. The van der Waals surface area contributed by atoms with Crippen LogP contribution in [0.5, 0.6) is 0 Å². The number of ether oxygens (including phenoxy) is 1. The molecule has 0 heterocycles. The fourth-order valence-corrected chi connectivity index (χ4v) is 14.0. The Kier molecular flexibility index (Phi) is 13.1. The van der Waals surface area contributed by atoms with Gasteiger partial charge in [0.1, 0.15) is 6.10 Å². The van der Waals surface area contributed by atoms with Crippen LogP contribution in [0.2, 0.25) is 0 Å². The molecule has 5 rings (SSSR count). The average molecular weight is 689 g/mol. The van der Waals surface area contributed by atoms with Crippen LogP contribution < -0.4 is 0 Å². The number of unbranched alkanes of at least 4 members (excludes halogenated alkanes) is 8. The summed E-state index contributed by atoms with van der Waals surface area (Å²) >= 11 is 0. The molecule has 0 saturated heterocycles. The highest BCUT2D eigenvalue weighted by Gasteiger charge is 2.70. The molecular weight excluding hydrogens is 609 g/mol. The molecule has 5 aliphatic rings. The molecular formula is C48H80O2. The largest absolute Gasteiger partial charge is 0.462 e. The maximum Gasteiger partial charge on any atom is 0.306 e. The third-order valence-electron chi connectivity index (χ3n) is 17.0. The summed E-state index contributed by atoms with van der Waals surface area (Å²) in [5.74, 6) is 3.84. The normalized spacial score (nSPS) is 40.6. The third kappa shape index (κ3) is 7.68. The summed E-state index contributed by atoms with van der Waals surface area (Å²) in [6.07, 6.45) is 36.6. The lowest BCUT2D eigenvalue weighted by Crippen LogP contribution is -2.66. The van der Waals surface area contributed by atoms with E-state index in [1.54, 1.807) is 0 Å². The quantitative estimate of drug-likeness (QED) is 0.0916. The summed E-state index contributed by atoms with van der Waals surface area (Å²) in [5.41, 5.74) is 3.15. The van der Waals surface area contributed by atoms with Crippen LogP contribution in [0, 0.1) is 56.7 Å². The van der Waals surface area contributed by atoms with Gasteiger partial charge in [-0.15, -0.1) is 0 Å². The summed E-state index contributed by atoms with van der Waals surface area (Å²) in [7, 11) is 0. The molecule has 0 bridgehead atoms. The Labute approximate surface area is 310 Å². The molecule has 0 radical (unpaired) electrons. The Balaban J connectivity index is 1.08. The van der Waals surface area contributed by atoms with Crippen LogP contribution in [0.3, 0.4) is 0 Å². The number of fused-ring (bicyclic) bond motifs is 7. The molecule has 284 valence electrons. The van der Waals surface area contributed by atoms with Crippen LogP contribution in [0.25, 0.3) is 0 Å². The number of rotatable bonds is 16. The molecule has 2 heteroatoms. The van der Waals surface area contributed by atoms with Crippen molar-refractivity contribution in [2.45, 2.75) is 203 Å². The van der Waals surface area contributed by atoms with Gasteiger partial charge in [-0.05, 0) is 161 Å². The van der Waals surface area contributed by atoms with E-state index < -0.39 is 0 Å². The minimum atomic E-state index is 0.0295. The number of hydrogen-bond donors (Lipinski definition) is 0. The fraction of sp³-hybridized carbons (Fsp3) is 0.854. The Morgan fingerprint density at radius 3 is 2.08 bits per heavy atom. The van der Waals surface area contributed by atoms with Crippen LogP contribution in [-0.2, 0) is 9.53 Å². The van der Waals surface area contributed by atoms with Gasteiger partial charge in [0.05, 0.1) is 0 Å². The van der Waals surface area contributed by atoms with Gasteiger partial charge in [0.25, 0.3) is 0 Å². The summed E-state index contributed by atoms with van der Waals surface area (Å²) in [5, 5.41) is 0. The molecule has 5 saturated carbocycles. The van der Waals surface area contributed by atoms with Gasteiger partial charge in [-0.25, -0.2) is 0 Å². The maximum absolute atomic E-state index is 13.2. The van der Waals surface area contributed by atoms with Gasteiger partial charge in [0.15, 0.2) is 0 Å². The lowest BCUT2D eigenvalue weighted by Gasteiger charge is -2.73. The average Bonchev–Trinajstić information content (AvgIpc) is 3.42. The zero-order valence-corrected chi connectivity index (χ0v) is 34.4. The van der Waals surface area contributed by atoms with Gasteiger partial charge in [0, 0.05) is 11.8 Å². The zero-order chi connectivity index (χ0) is 36.2. The first-order valence-electron chi connectivity index (χ1n) is 21.9. The molecule has 5 aliphatic carbocycles. The Bertz CT molecular complexity index is 1210. The van der Waals surface area contributed by atoms with Crippen LogP contribution in [0.4, 0.5) is 0 Å². The molecule has 10 atom stereocenters. The fourth-order valence-electron chi connectivity index (χ4n) is 14.0. The van der Waals surface area contributed by atoms with Crippen LogP contribution in [0.15, 0.2) is 36.5 Å². The summed E-state index contributed by atoms with van der Waals surface area (Å²) in [6.45, 7) is 24.9. The third-order valence-corrected chi connectivity index (χ3v) is 17.0. The monoisotopic (exact) mass is 689 g/mol. The molecule has 0 aromatic carbocycles. The number of carbonyl (C=O) groups excluding carboxylic acids is 1. The zero-order valence-electron chi connectivity index (χ0n) is 34.4. The molecule has 0 spiro atoms.